The molecule has 2 heterocycles. The van der Waals surface area contributed by atoms with E-state index >= 15 is 0 Å². The van der Waals surface area contributed by atoms with Crippen LogP contribution >= 0.6 is 0 Å². The SMILES string of the molecule is CN(Cc1ccccc1)CC1CCN(CCN2CCOC2=O)CC1. The molecule has 0 aromatic heterocycles. The zero-order chi connectivity index (χ0) is 16.8. The second-order valence-electron chi connectivity index (χ2n) is 7.07. The van der Waals surface area contributed by atoms with E-state index in [-0.39, 0.29) is 6.09 Å². The van der Waals surface area contributed by atoms with E-state index in [1.54, 1.807) is 0 Å². The van der Waals surface area contributed by atoms with E-state index < -0.39 is 0 Å². The van der Waals surface area contributed by atoms with E-state index in [0.717, 1.165) is 45.2 Å². The van der Waals surface area contributed by atoms with Gasteiger partial charge in [-0.2, -0.15) is 0 Å². The number of ether oxygens (including phenoxy) is 1. The van der Waals surface area contributed by atoms with Crippen LogP contribution in [0.2, 0.25) is 0 Å². The molecule has 0 radical (unpaired) electrons. The molecule has 0 N–H and O–H groups in total. The lowest BCUT2D eigenvalue weighted by Crippen LogP contribution is -2.41. The summed E-state index contributed by atoms with van der Waals surface area (Å²) < 4.78 is 4.98. The van der Waals surface area contributed by atoms with Crippen LogP contribution in [-0.2, 0) is 11.3 Å². The molecule has 132 valence electrons. The molecule has 5 heteroatoms. The summed E-state index contributed by atoms with van der Waals surface area (Å²) in [4.78, 5) is 18.2. The number of benzene rings is 1. The topological polar surface area (TPSA) is 36.0 Å². The number of carbonyl (C=O) groups excluding carboxylic acids is 1. The highest BCUT2D eigenvalue weighted by molar-refractivity contribution is 5.69. The van der Waals surface area contributed by atoms with Gasteiger partial charge in [0, 0.05) is 26.2 Å². The summed E-state index contributed by atoms with van der Waals surface area (Å²) in [5, 5.41) is 0. The maximum Gasteiger partial charge on any atom is 0.409 e. The van der Waals surface area contributed by atoms with Gasteiger partial charge in [0.25, 0.3) is 0 Å². The van der Waals surface area contributed by atoms with Gasteiger partial charge >= 0.3 is 6.09 Å². The third kappa shape index (κ3) is 4.95. The fraction of sp³-hybridized carbons (Fsp3) is 0.632. The Labute approximate surface area is 145 Å². The zero-order valence-corrected chi connectivity index (χ0v) is 14.7. The van der Waals surface area contributed by atoms with E-state index in [4.69, 9.17) is 4.74 Å². The monoisotopic (exact) mass is 331 g/mol. The fourth-order valence-electron chi connectivity index (χ4n) is 3.68. The number of piperidine rings is 1. The van der Waals surface area contributed by atoms with Crippen LogP contribution in [0.3, 0.4) is 0 Å². The minimum atomic E-state index is -0.146. The number of rotatable bonds is 7. The fourth-order valence-corrected chi connectivity index (χ4v) is 3.68. The van der Waals surface area contributed by atoms with Gasteiger partial charge in [-0.25, -0.2) is 4.79 Å². The van der Waals surface area contributed by atoms with Crippen molar-refractivity contribution in [2.75, 3.05) is 52.9 Å². The van der Waals surface area contributed by atoms with Gasteiger partial charge in [0.1, 0.15) is 6.61 Å². The maximum absolute atomic E-state index is 11.5. The zero-order valence-electron chi connectivity index (χ0n) is 14.7. The molecular formula is C19H29N3O2. The molecule has 0 atom stereocenters. The van der Waals surface area contributed by atoms with Gasteiger partial charge in [-0.15, -0.1) is 0 Å². The summed E-state index contributed by atoms with van der Waals surface area (Å²) in [6.45, 7) is 7.56. The first-order valence-electron chi connectivity index (χ1n) is 9.07. The molecule has 2 aliphatic rings. The van der Waals surface area contributed by atoms with Crippen LogP contribution in [0.5, 0.6) is 0 Å². The summed E-state index contributed by atoms with van der Waals surface area (Å²) in [5.74, 6) is 0.784. The van der Waals surface area contributed by atoms with Gasteiger partial charge in [-0.1, -0.05) is 30.3 Å². The Balaban J connectivity index is 1.33. The van der Waals surface area contributed by atoms with Crippen LogP contribution in [0, 0.1) is 5.92 Å². The first-order valence-corrected chi connectivity index (χ1v) is 9.07. The number of nitrogens with zero attached hydrogens (tertiary/aromatic N) is 3. The lowest BCUT2D eigenvalue weighted by Gasteiger charge is -2.34. The highest BCUT2D eigenvalue weighted by Crippen LogP contribution is 2.19. The largest absolute Gasteiger partial charge is 0.448 e. The van der Waals surface area contributed by atoms with Crippen LogP contribution in [0.15, 0.2) is 30.3 Å². The van der Waals surface area contributed by atoms with Crippen LogP contribution in [0.25, 0.3) is 0 Å². The Morgan fingerprint density at radius 1 is 1.12 bits per heavy atom. The van der Waals surface area contributed by atoms with Crippen molar-refractivity contribution in [2.24, 2.45) is 5.92 Å². The highest BCUT2D eigenvalue weighted by atomic mass is 16.6. The van der Waals surface area contributed by atoms with E-state index in [9.17, 15) is 4.79 Å². The Morgan fingerprint density at radius 2 is 1.88 bits per heavy atom. The Bertz CT molecular complexity index is 515. The predicted molar refractivity (Wildman–Crippen MR) is 94.9 cm³/mol. The smallest absolute Gasteiger partial charge is 0.409 e. The summed E-state index contributed by atoms with van der Waals surface area (Å²) in [5.41, 5.74) is 1.38. The molecule has 5 nitrogen and oxygen atoms in total. The average Bonchev–Trinajstić information content (AvgIpc) is 3.00. The van der Waals surface area contributed by atoms with Gasteiger partial charge < -0.3 is 19.4 Å². The van der Waals surface area contributed by atoms with E-state index in [0.29, 0.717) is 6.61 Å². The van der Waals surface area contributed by atoms with Gasteiger partial charge in [0.2, 0.25) is 0 Å². The van der Waals surface area contributed by atoms with Gasteiger partial charge in [-0.05, 0) is 44.5 Å². The molecule has 0 unspecified atom stereocenters. The molecule has 0 aliphatic carbocycles. The molecule has 2 fully saturated rings. The van der Waals surface area contributed by atoms with Crippen molar-refractivity contribution >= 4 is 6.09 Å². The van der Waals surface area contributed by atoms with Crippen molar-refractivity contribution in [1.82, 2.24) is 14.7 Å². The average molecular weight is 331 g/mol. The van der Waals surface area contributed by atoms with Crippen molar-refractivity contribution in [3.63, 3.8) is 0 Å². The predicted octanol–water partition coefficient (Wildman–Crippen LogP) is 2.28. The molecule has 2 aliphatic heterocycles. The van der Waals surface area contributed by atoms with Gasteiger partial charge in [-0.3, -0.25) is 0 Å². The number of hydrogen-bond acceptors (Lipinski definition) is 4. The van der Waals surface area contributed by atoms with E-state index in [2.05, 4.69) is 47.2 Å². The molecule has 0 spiro atoms. The second-order valence-corrected chi connectivity index (χ2v) is 7.07. The number of amides is 1. The lowest BCUT2D eigenvalue weighted by atomic mass is 9.96. The molecular weight excluding hydrogens is 302 g/mol. The first kappa shape index (κ1) is 17.2. The van der Waals surface area contributed by atoms with Crippen molar-refractivity contribution in [3.8, 4) is 0 Å². The summed E-state index contributed by atoms with van der Waals surface area (Å²) in [6, 6.07) is 10.7. The maximum atomic E-state index is 11.5. The van der Waals surface area contributed by atoms with Crippen molar-refractivity contribution in [1.29, 1.82) is 0 Å². The number of likely N-dealkylation sites (tertiary alicyclic amines) is 1. The minimum absolute atomic E-state index is 0.146. The summed E-state index contributed by atoms with van der Waals surface area (Å²) in [6.07, 6.45) is 2.36. The second kappa shape index (κ2) is 8.49. The van der Waals surface area contributed by atoms with Crippen molar-refractivity contribution < 1.29 is 9.53 Å². The van der Waals surface area contributed by atoms with Gasteiger partial charge in [0.05, 0.1) is 6.54 Å². The third-order valence-corrected chi connectivity index (χ3v) is 5.10. The molecule has 24 heavy (non-hydrogen) atoms. The van der Waals surface area contributed by atoms with Crippen LogP contribution in [0.1, 0.15) is 18.4 Å². The standard InChI is InChI=1S/C19H29N3O2/c1-20(15-17-5-3-2-4-6-17)16-18-7-9-21(10-8-18)11-12-22-13-14-24-19(22)23/h2-6,18H,7-16H2,1H3. The molecule has 0 bridgehead atoms. The molecule has 2 saturated heterocycles. The van der Waals surface area contributed by atoms with Crippen molar-refractivity contribution in [3.05, 3.63) is 35.9 Å². The lowest BCUT2D eigenvalue weighted by molar-refractivity contribution is 0.134. The van der Waals surface area contributed by atoms with Crippen LogP contribution in [-0.4, -0.2) is 73.7 Å². The first-order chi connectivity index (χ1) is 11.7. The summed E-state index contributed by atoms with van der Waals surface area (Å²) in [7, 11) is 2.22. The van der Waals surface area contributed by atoms with E-state index in [1.807, 2.05) is 4.90 Å². The summed E-state index contributed by atoms with van der Waals surface area (Å²) >= 11 is 0. The molecule has 1 aromatic rings. The molecule has 1 aromatic carbocycles. The number of hydrogen-bond donors (Lipinski definition) is 0. The molecule has 3 rings (SSSR count). The van der Waals surface area contributed by atoms with Crippen molar-refractivity contribution in [2.45, 2.75) is 19.4 Å². The number of cyclic esters (lactones) is 1. The van der Waals surface area contributed by atoms with Gasteiger partial charge in [0.15, 0.2) is 0 Å². The third-order valence-electron chi connectivity index (χ3n) is 5.10. The molecule has 0 saturated carbocycles. The Kier molecular flexibility index (Phi) is 6.10. The quantitative estimate of drug-likeness (QED) is 0.768. The Morgan fingerprint density at radius 3 is 2.54 bits per heavy atom. The van der Waals surface area contributed by atoms with Crippen LogP contribution in [0.4, 0.5) is 4.79 Å². The van der Waals surface area contributed by atoms with E-state index in [1.165, 1.54) is 24.9 Å². The minimum Gasteiger partial charge on any atom is -0.448 e. The highest BCUT2D eigenvalue weighted by Gasteiger charge is 2.24. The molecule has 1 amide bonds. The van der Waals surface area contributed by atoms with Crippen LogP contribution < -0.4 is 0 Å². The Hall–Kier alpha value is -1.59. The normalized spacial score (nSPS) is 19.9. The number of carbonyl (C=O) groups is 1.